The molecule has 1 saturated heterocycles. The average molecular weight is 656 g/mol. The van der Waals surface area contributed by atoms with E-state index < -0.39 is 73.7 Å². The number of nitrogens with one attached hydrogen (secondary N) is 3. The number of sulfone groups is 1. The van der Waals surface area contributed by atoms with Crippen LogP contribution in [0.25, 0.3) is 0 Å². The second kappa shape index (κ2) is 14.0. The lowest BCUT2D eigenvalue weighted by atomic mass is 9.75. The molecule has 2 aliphatic rings. The van der Waals surface area contributed by atoms with E-state index in [-0.39, 0.29) is 35.5 Å². The van der Waals surface area contributed by atoms with Gasteiger partial charge in [0.05, 0.1) is 16.5 Å². The lowest BCUT2D eigenvalue weighted by Gasteiger charge is -2.39. The van der Waals surface area contributed by atoms with E-state index in [2.05, 4.69) is 16.0 Å². The van der Waals surface area contributed by atoms with Crippen molar-refractivity contribution < 1.29 is 32.4 Å². The molecule has 5 amide bonds. The van der Waals surface area contributed by atoms with Crippen LogP contribution in [0.15, 0.2) is 0 Å². The smallest absolute Gasteiger partial charge is 0.315 e. The number of nitrogens with two attached hydrogens (primary N) is 1. The summed E-state index contributed by atoms with van der Waals surface area (Å²) >= 11 is 0. The number of rotatable bonds is 12. The molecule has 5 N–H and O–H groups in total. The molecule has 1 saturated carbocycles. The first-order valence-electron chi connectivity index (χ1n) is 16.0. The van der Waals surface area contributed by atoms with E-state index in [1.54, 1.807) is 41.5 Å². The fraction of sp³-hybridized carbons (Fsp3) is 0.844. The van der Waals surface area contributed by atoms with Crippen molar-refractivity contribution >= 4 is 39.4 Å². The third kappa shape index (κ3) is 10.1. The van der Waals surface area contributed by atoms with Crippen molar-refractivity contribution in [2.45, 2.75) is 131 Å². The van der Waals surface area contributed by atoms with Gasteiger partial charge in [0.15, 0.2) is 9.84 Å². The van der Waals surface area contributed by atoms with Crippen LogP contribution in [0.2, 0.25) is 0 Å². The molecule has 0 aromatic heterocycles. The Morgan fingerprint density at radius 3 is 1.84 bits per heavy atom. The van der Waals surface area contributed by atoms with Crippen molar-refractivity contribution in [3.05, 3.63) is 0 Å². The summed E-state index contributed by atoms with van der Waals surface area (Å²) in [4.78, 5) is 67.4. The lowest BCUT2D eigenvalue weighted by Crippen LogP contribution is -2.62. The number of urea groups is 1. The number of hydrogen-bond donors (Lipinski definition) is 4. The molecule has 258 valence electrons. The third-order valence-electron chi connectivity index (χ3n) is 9.05. The molecule has 1 aliphatic heterocycles. The van der Waals surface area contributed by atoms with Crippen LogP contribution in [-0.2, 0) is 29.0 Å². The fourth-order valence-electron chi connectivity index (χ4n) is 5.66. The van der Waals surface area contributed by atoms with E-state index in [1.807, 2.05) is 34.6 Å². The standard InChI is InChI=1S/C32H57N5O7S/c1-18(2)22(17-45(43,44)32(9,10)11)35-29(42)36-25(31(6,7)8)28(41)37-15-14-20(30(3,4)5)23(37)27(40)34-21(16-19-12-13-19)24(38)26(33)39/h18-23,25H,12-17H2,1-11H3,(H2,33,39)(H,34,40)(H2,35,36,42)/t20?,21?,22-,23?,25-/m1/s1. The molecule has 0 bridgehead atoms. The molecule has 0 aromatic rings. The number of Topliss-reactive ketones (excluding diaryl/α,β-unsaturated/α-hetero) is 1. The van der Waals surface area contributed by atoms with E-state index in [1.165, 1.54) is 4.90 Å². The molecule has 3 unspecified atom stereocenters. The Balaban J connectivity index is 2.36. The van der Waals surface area contributed by atoms with Gasteiger partial charge in [-0.1, -0.05) is 68.2 Å². The van der Waals surface area contributed by atoms with Crippen LogP contribution in [0.1, 0.15) is 102 Å². The normalized spacial score (nSPS) is 21.6. The van der Waals surface area contributed by atoms with Crippen molar-refractivity contribution in [1.82, 2.24) is 20.9 Å². The quantitative estimate of drug-likeness (QED) is 0.233. The molecule has 1 heterocycles. The van der Waals surface area contributed by atoms with Crippen molar-refractivity contribution in [3.8, 4) is 0 Å². The Hall–Kier alpha value is -2.70. The highest BCUT2D eigenvalue weighted by atomic mass is 32.2. The Morgan fingerprint density at radius 1 is 0.867 bits per heavy atom. The highest BCUT2D eigenvalue weighted by Gasteiger charge is 2.50. The van der Waals surface area contributed by atoms with Gasteiger partial charge in [-0.3, -0.25) is 19.2 Å². The number of likely N-dealkylation sites (tertiary alicyclic amines) is 1. The van der Waals surface area contributed by atoms with Crippen LogP contribution in [-0.4, -0.2) is 84.1 Å². The fourth-order valence-corrected chi connectivity index (χ4v) is 7.10. The first-order valence-corrected chi connectivity index (χ1v) is 17.7. The Bertz CT molecular complexity index is 1240. The summed E-state index contributed by atoms with van der Waals surface area (Å²) in [5, 5.41) is 8.30. The van der Waals surface area contributed by atoms with Crippen LogP contribution in [0.3, 0.4) is 0 Å². The number of primary amides is 1. The molecule has 45 heavy (non-hydrogen) atoms. The zero-order valence-electron chi connectivity index (χ0n) is 29.1. The molecule has 12 nitrogen and oxygen atoms in total. The molecule has 0 radical (unpaired) electrons. The van der Waals surface area contributed by atoms with Gasteiger partial charge in [0.25, 0.3) is 5.91 Å². The lowest BCUT2D eigenvalue weighted by molar-refractivity contribution is -0.145. The number of ketones is 1. The van der Waals surface area contributed by atoms with Gasteiger partial charge < -0.3 is 26.6 Å². The second-order valence-electron chi connectivity index (χ2n) is 16.4. The van der Waals surface area contributed by atoms with Crippen LogP contribution in [0.4, 0.5) is 4.79 Å². The average Bonchev–Trinajstić information content (AvgIpc) is 3.56. The third-order valence-corrected chi connectivity index (χ3v) is 11.7. The summed E-state index contributed by atoms with van der Waals surface area (Å²) in [6, 6.07) is -4.47. The zero-order chi connectivity index (χ0) is 34.9. The van der Waals surface area contributed by atoms with E-state index in [0.29, 0.717) is 12.8 Å². The number of carbonyl (C=O) groups is 5. The molecule has 0 spiro atoms. The summed E-state index contributed by atoms with van der Waals surface area (Å²) in [6.07, 6.45) is 2.63. The molecule has 0 aromatic carbocycles. The van der Waals surface area contributed by atoms with Crippen LogP contribution < -0.4 is 21.7 Å². The second-order valence-corrected chi connectivity index (χ2v) is 19.2. The predicted molar refractivity (Wildman–Crippen MR) is 174 cm³/mol. The number of carbonyl (C=O) groups excluding carboxylic acids is 5. The minimum Gasteiger partial charge on any atom is -0.363 e. The highest BCUT2D eigenvalue weighted by molar-refractivity contribution is 7.92. The summed E-state index contributed by atoms with van der Waals surface area (Å²) in [5.74, 6) is -3.50. The maximum atomic E-state index is 14.3. The predicted octanol–water partition coefficient (Wildman–Crippen LogP) is 2.54. The summed E-state index contributed by atoms with van der Waals surface area (Å²) in [5.41, 5.74) is 4.12. The number of nitrogens with zero attached hydrogens (tertiary/aromatic N) is 1. The highest BCUT2D eigenvalue weighted by Crippen LogP contribution is 2.40. The maximum Gasteiger partial charge on any atom is 0.315 e. The summed E-state index contributed by atoms with van der Waals surface area (Å²) < 4.78 is 24.8. The maximum absolute atomic E-state index is 14.3. The summed E-state index contributed by atoms with van der Waals surface area (Å²) in [7, 11) is -3.55. The molecule has 5 atom stereocenters. The van der Waals surface area contributed by atoms with Crippen LogP contribution in [0, 0.1) is 28.6 Å². The van der Waals surface area contributed by atoms with Crippen LogP contribution in [0.5, 0.6) is 0 Å². The molecular weight excluding hydrogens is 598 g/mol. The monoisotopic (exact) mass is 655 g/mol. The van der Waals surface area contributed by atoms with E-state index in [9.17, 15) is 32.4 Å². The summed E-state index contributed by atoms with van der Waals surface area (Å²) in [6.45, 7) is 20.0. The SMILES string of the molecule is CC(C)[C@@H](CS(=O)(=O)C(C)(C)C)NC(=O)N[C@H](C(=O)N1CCC(C(C)(C)C)C1C(=O)NC(CC1CC1)C(=O)C(N)=O)C(C)(C)C. The van der Waals surface area contributed by atoms with Gasteiger partial charge in [-0.25, -0.2) is 13.2 Å². The molecular formula is C32H57N5O7S. The van der Waals surface area contributed by atoms with Crippen molar-refractivity contribution in [3.63, 3.8) is 0 Å². The minimum absolute atomic E-state index is 0.206. The van der Waals surface area contributed by atoms with Gasteiger partial charge in [-0.2, -0.15) is 0 Å². The zero-order valence-corrected chi connectivity index (χ0v) is 29.9. The Kier molecular flexibility index (Phi) is 11.9. The Morgan fingerprint density at radius 2 is 1.42 bits per heavy atom. The molecule has 1 aliphatic carbocycles. The van der Waals surface area contributed by atoms with Crippen molar-refractivity contribution in [2.75, 3.05) is 12.3 Å². The van der Waals surface area contributed by atoms with E-state index in [0.717, 1.165) is 12.8 Å². The first-order chi connectivity index (χ1) is 20.3. The van der Waals surface area contributed by atoms with Crippen LogP contribution >= 0.6 is 0 Å². The van der Waals surface area contributed by atoms with Gasteiger partial charge in [0.2, 0.25) is 17.6 Å². The number of amides is 5. The number of hydrogen-bond acceptors (Lipinski definition) is 7. The minimum atomic E-state index is -3.55. The van der Waals surface area contributed by atoms with Gasteiger partial charge in [0.1, 0.15) is 12.1 Å². The van der Waals surface area contributed by atoms with E-state index in [4.69, 9.17) is 5.73 Å². The molecule has 13 heteroatoms. The Labute approximate surface area is 269 Å². The van der Waals surface area contributed by atoms with Gasteiger partial charge in [-0.05, 0) is 62.2 Å². The molecule has 2 fully saturated rings. The van der Waals surface area contributed by atoms with Gasteiger partial charge in [-0.15, -0.1) is 0 Å². The largest absolute Gasteiger partial charge is 0.363 e. The molecule has 2 rings (SSSR count). The van der Waals surface area contributed by atoms with E-state index >= 15 is 0 Å². The topological polar surface area (TPSA) is 185 Å². The van der Waals surface area contributed by atoms with Gasteiger partial charge in [0, 0.05) is 12.6 Å². The van der Waals surface area contributed by atoms with Crippen molar-refractivity contribution in [1.29, 1.82) is 0 Å². The first kappa shape index (κ1) is 38.5. The van der Waals surface area contributed by atoms with Crippen molar-refractivity contribution in [2.24, 2.45) is 34.3 Å². The van der Waals surface area contributed by atoms with Gasteiger partial charge >= 0.3 is 6.03 Å².